The van der Waals surface area contributed by atoms with Gasteiger partial charge in [-0.2, -0.15) is 0 Å². The van der Waals surface area contributed by atoms with Gasteiger partial charge < -0.3 is 35.9 Å². The van der Waals surface area contributed by atoms with E-state index in [0.717, 1.165) is 53.5 Å². The maximum absolute atomic E-state index is 13.8. The number of rotatable bonds is 19. The Balaban J connectivity index is 0.00000650. The molecule has 1 atom stereocenters. The lowest BCUT2D eigenvalue weighted by atomic mass is 9.81. The molecule has 0 spiro atoms. The van der Waals surface area contributed by atoms with Crippen LogP contribution in [0.25, 0.3) is 22.5 Å². The molecule has 3 amide bonds. The van der Waals surface area contributed by atoms with Gasteiger partial charge in [0.2, 0.25) is 11.8 Å². The molecule has 0 aliphatic heterocycles. The zero-order valence-corrected chi connectivity index (χ0v) is 31.7. The zero-order valence-electron chi connectivity index (χ0n) is 30.8. The molecule has 1 aliphatic rings. The number of H-pyrrole nitrogens is 1. The van der Waals surface area contributed by atoms with Gasteiger partial charge >= 0.3 is 0 Å². The van der Waals surface area contributed by atoms with Gasteiger partial charge in [-0.05, 0) is 114 Å². The van der Waals surface area contributed by atoms with Crippen molar-refractivity contribution in [3.8, 4) is 22.5 Å². The van der Waals surface area contributed by atoms with Crippen LogP contribution in [0.15, 0.2) is 66.7 Å². The molecule has 1 aliphatic carbocycles. The first-order valence-electron chi connectivity index (χ1n) is 18.1. The number of tetrazole rings is 1. The van der Waals surface area contributed by atoms with Gasteiger partial charge in [-0.15, -0.1) is 17.5 Å². The van der Waals surface area contributed by atoms with Gasteiger partial charge in [0.05, 0.1) is 33.0 Å². The van der Waals surface area contributed by atoms with Gasteiger partial charge in [0.1, 0.15) is 6.04 Å². The molecular formula is C39H51ClN8O6. The molecule has 54 heavy (non-hydrogen) atoms. The Kier molecular flexibility index (Phi) is 17.0. The number of carbonyl (C=O) groups is 3. The maximum atomic E-state index is 13.8. The Morgan fingerprint density at radius 3 is 2.33 bits per heavy atom. The Hall–Kier alpha value is -4.73. The van der Waals surface area contributed by atoms with E-state index in [1.54, 1.807) is 37.4 Å². The number of nitrogens with zero attached hydrogens (tertiary/aromatic N) is 3. The highest BCUT2D eigenvalue weighted by molar-refractivity contribution is 5.98. The first-order chi connectivity index (χ1) is 25.8. The van der Waals surface area contributed by atoms with E-state index in [-0.39, 0.29) is 42.5 Å². The summed E-state index contributed by atoms with van der Waals surface area (Å²) in [4.78, 5) is 40.1. The van der Waals surface area contributed by atoms with Gasteiger partial charge in [0.25, 0.3) is 5.91 Å². The lowest BCUT2D eigenvalue weighted by molar-refractivity contribution is -0.130. The van der Waals surface area contributed by atoms with Crippen molar-refractivity contribution < 1.29 is 28.6 Å². The van der Waals surface area contributed by atoms with Crippen LogP contribution in [0.5, 0.6) is 0 Å². The van der Waals surface area contributed by atoms with Gasteiger partial charge in [-0.25, -0.2) is 5.10 Å². The van der Waals surface area contributed by atoms with Crippen molar-refractivity contribution >= 4 is 35.8 Å². The van der Waals surface area contributed by atoms with Gasteiger partial charge in [0, 0.05) is 42.8 Å². The van der Waals surface area contributed by atoms with Crippen LogP contribution in [0.2, 0.25) is 0 Å². The second kappa shape index (κ2) is 21.8. The number of hydrogen-bond acceptors (Lipinski definition) is 10. The summed E-state index contributed by atoms with van der Waals surface area (Å²) in [7, 11) is 1.62. The fourth-order valence-corrected chi connectivity index (χ4v) is 6.41. The first kappa shape index (κ1) is 42.0. The van der Waals surface area contributed by atoms with Crippen molar-refractivity contribution in [1.29, 1.82) is 0 Å². The van der Waals surface area contributed by atoms with E-state index in [9.17, 15) is 14.4 Å². The van der Waals surface area contributed by atoms with Crippen molar-refractivity contribution in [3.05, 3.63) is 83.4 Å². The number of nitrogens with one attached hydrogen (secondary N) is 4. The average molecular weight is 763 g/mol. The molecule has 0 bridgehead atoms. The summed E-state index contributed by atoms with van der Waals surface area (Å²) in [5, 5.41) is 22.8. The Morgan fingerprint density at radius 2 is 1.65 bits per heavy atom. The highest BCUT2D eigenvalue weighted by Crippen LogP contribution is 2.29. The number of anilines is 1. The molecule has 4 aromatic rings. The van der Waals surface area contributed by atoms with E-state index in [0.29, 0.717) is 69.1 Å². The molecule has 3 aromatic carbocycles. The van der Waals surface area contributed by atoms with Crippen LogP contribution in [-0.4, -0.2) is 97.6 Å². The fraction of sp³-hybridized carbons (Fsp3) is 0.436. The molecule has 6 N–H and O–H groups in total. The molecular weight excluding hydrogens is 712 g/mol. The second-order valence-corrected chi connectivity index (χ2v) is 13.2. The van der Waals surface area contributed by atoms with Crippen molar-refractivity contribution in [2.75, 3.05) is 58.6 Å². The number of carbonyl (C=O) groups excluding carboxylic acids is 3. The van der Waals surface area contributed by atoms with Gasteiger partial charge in [-0.3, -0.25) is 14.4 Å². The van der Waals surface area contributed by atoms with Crippen LogP contribution in [-0.2, 0) is 30.2 Å². The summed E-state index contributed by atoms with van der Waals surface area (Å²) in [6.45, 7) is 5.32. The molecule has 290 valence electrons. The monoisotopic (exact) mass is 762 g/mol. The summed E-state index contributed by atoms with van der Waals surface area (Å²) in [5.74, 6) is 0.174. The molecule has 1 saturated carbocycles. The number of aromatic nitrogens is 4. The van der Waals surface area contributed by atoms with Crippen LogP contribution >= 0.6 is 12.4 Å². The van der Waals surface area contributed by atoms with Crippen molar-refractivity contribution in [2.45, 2.75) is 45.1 Å². The van der Waals surface area contributed by atoms with E-state index in [1.807, 2.05) is 43.3 Å². The molecule has 0 radical (unpaired) electrons. The van der Waals surface area contributed by atoms with E-state index in [4.69, 9.17) is 19.9 Å². The first-order valence-corrected chi connectivity index (χ1v) is 18.1. The molecule has 0 saturated heterocycles. The lowest BCUT2D eigenvalue weighted by Gasteiger charge is -2.28. The second-order valence-electron chi connectivity index (χ2n) is 13.2. The topological polar surface area (TPSA) is 195 Å². The number of nitrogens with two attached hydrogens (primary N) is 1. The third kappa shape index (κ3) is 12.4. The third-order valence-corrected chi connectivity index (χ3v) is 9.46. The predicted octanol–water partition coefficient (Wildman–Crippen LogP) is 4.10. The number of hydrogen-bond donors (Lipinski definition) is 5. The molecule has 1 aromatic heterocycles. The lowest BCUT2D eigenvalue weighted by Crippen LogP contribution is -2.48. The van der Waals surface area contributed by atoms with Crippen LogP contribution in [0.3, 0.4) is 0 Å². The molecule has 5 rings (SSSR count). The molecule has 14 nitrogen and oxygen atoms in total. The summed E-state index contributed by atoms with van der Waals surface area (Å²) in [6, 6.07) is 19.8. The minimum absolute atomic E-state index is 0. The Labute approximate surface area is 322 Å². The van der Waals surface area contributed by atoms with Crippen LogP contribution in [0.1, 0.15) is 47.2 Å². The molecule has 1 fully saturated rings. The van der Waals surface area contributed by atoms with Crippen LogP contribution in [0.4, 0.5) is 5.69 Å². The SMILES string of the molecule is COCCOCCOCCNC(=O)c1ccc(-c2cccc(C[C@H](NC(=O)C3CCC(CN)CC3)C(=O)Nc3ccc(-c4nnn[nH]4)cc3)c2)c(C)c1.Cl. The summed E-state index contributed by atoms with van der Waals surface area (Å²) in [5.41, 5.74) is 11.5. The van der Waals surface area contributed by atoms with E-state index in [2.05, 4.69) is 36.6 Å². The highest BCUT2D eigenvalue weighted by atomic mass is 35.5. The van der Waals surface area contributed by atoms with E-state index in [1.165, 1.54) is 0 Å². The van der Waals surface area contributed by atoms with Crippen LogP contribution < -0.4 is 21.7 Å². The zero-order chi connectivity index (χ0) is 37.4. The predicted molar refractivity (Wildman–Crippen MR) is 208 cm³/mol. The third-order valence-electron chi connectivity index (χ3n) is 9.46. The molecule has 1 heterocycles. The number of aromatic amines is 1. The average Bonchev–Trinajstić information content (AvgIpc) is 3.73. The number of methoxy groups -OCH3 is 1. The van der Waals surface area contributed by atoms with Crippen LogP contribution in [0, 0.1) is 18.8 Å². The standard InChI is InChI=1S/C39H50N8O6.ClH/c1-26-22-32(37(48)41-16-17-52-20-21-53-19-18-51-2)12-15-34(26)31-5-3-4-28(23-31)24-35(43-38(49)30-8-6-27(25-40)7-9-30)39(50)42-33-13-10-29(11-14-33)36-44-46-47-45-36;/h3-5,10-15,22-23,27,30,35H,6-9,16-21,24-25,40H2,1-2H3,(H,41,48)(H,42,50)(H,43,49)(H,44,45,46,47);1H/t27?,30?,35-;/m0./s1. The minimum Gasteiger partial charge on any atom is -0.382 e. The number of halogens is 1. The fourth-order valence-electron chi connectivity index (χ4n) is 6.41. The van der Waals surface area contributed by atoms with Crippen molar-refractivity contribution in [1.82, 2.24) is 31.3 Å². The molecule has 0 unspecified atom stereocenters. The number of benzene rings is 3. The largest absolute Gasteiger partial charge is 0.382 e. The number of ether oxygens (including phenoxy) is 3. The number of aryl methyl sites for hydroxylation is 1. The normalized spacial score (nSPS) is 15.8. The Morgan fingerprint density at radius 1 is 0.907 bits per heavy atom. The van der Waals surface area contributed by atoms with E-state index < -0.39 is 6.04 Å². The molecule has 15 heteroatoms. The number of amides is 3. The van der Waals surface area contributed by atoms with Crippen molar-refractivity contribution in [2.24, 2.45) is 17.6 Å². The summed E-state index contributed by atoms with van der Waals surface area (Å²) in [6.07, 6.45) is 3.59. The Bertz CT molecular complexity index is 1770. The van der Waals surface area contributed by atoms with Gasteiger partial charge in [0.15, 0.2) is 5.82 Å². The van der Waals surface area contributed by atoms with Gasteiger partial charge in [-0.1, -0.05) is 30.3 Å². The maximum Gasteiger partial charge on any atom is 0.251 e. The summed E-state index contributed by atoms with van der Waals surface area (Å²) >= 11 is 0. The summed E-state index contributed by atoms with van der Waals surface area (Å²) < 4.78 is 15.8. The smallest absolute Gasteiger partial charge is 0.251 e. The minimum atomic E-state index is -0.817. The van der Waals surface area contributed by atoms with E-state index >= 15 is 0 Å². The highest BCUT2D eigenvalue weighted by Gasteiger charge is 2.29. The quantitative estimate of drug-likeness (QED) is 0.0868. The van der Waals surface area contributed by atoms with Crippen molar-refractivity contribution in [3.63, 3.8) is 0 Å².